The van der Waals surface area contributed by atoms with Gasteiger partial charge in [-0.25, -0.2) is 9.35 Å². The highest BCUT2D eigenvalue weighted by Gasteiger charge is 2.25. The van der Waals surface area contributed by atoms with Gasteiger partial charge in [-0.1, -0.05) is 19.9 Å². The summed E-state index contributed by atoms with van der Waals surface area (Å²) in [6.07, 6.45) is 9.01. The summed E-state index contributed by atoms with van der Waals surface area (Å²) >= 11 is 0. The van der Waals surface area contributed by atoms with E-state index in [1.165, 1.54) is 28.5 Å². The molecule has 1 unspecified atom stereocenters. The molecular weight excluding hydrogens is 382 g/mol. The van der Waals surface area contributed by atoms with E-state index < -0.39 is 15.8 Å². The molecule has 6 heteroatoms. The number of nitrogens with two attached hydrogens (primary N) is 1. The van der Waals surface area contributed by atoms with E-state index in [-0.39, 0.29) is 6.42 Å². The maximum absolute atomic E-state index is 12.9. The molecule has 1 atom stereocenters. The van der Waals surface area contributed by atoms with Crippen molar-refractivity contribution < 1.29 is 9.00 Å². The van der Waals surface area contributed by atoms with Gasteiger partial charge in [-0.2, -0.15) is 0 Å². The summed E-state index contributed by atoms with van der Waals surface area (Å²) in [4.78, 5) is 17.4. The van der Waals surface area contributed by atoms with E-state index in [2.05, 4.69) is 29.3 Å². The van der Waals surface area contributed by atoms with Crippen molar-refractivity contribution in [3.63, 3.8) is 0 Å². The van der Waals surface area contributed by atoms with Crippen molar-refractivity contribution in [2.45, 2.75) is 70.1 Å². The first kappa shape index (κ1) is 20.2. The number of aromatic nitrogens is 1. The molecule has 2 aliphatic rings. The third-order valence-electron chi connectivity index (χ3n) is 5.92. The number of amides is 1. The number of carbonyl (C=O) groups is 1. The molecule has 2 aromatic rings. The van der Waals surface area contributed by atoms with Crippen molar-refractivity contribution in [3.8, 4) is 0 Å². The molecule has 0 bridgehead atoms. The molecule has 154 valence electrons. The van der Waals surface area contributed by atoms with Crippen molar-refractivity contribution in [3.05, 3.63) is 57.9 Å². The molecule has 0 radical (unpaired) electrons. The van der Waals surface area contributed by atoms with Crippen LogP contribution in [0.2, 0.25) is 0 Å². The summed E-state index contributed by atoms with van der Waals surface area (Å²) in [7, 11) is -3.29. The summed E-state index contributed by atoms with van der Waals surface area (Å²) in [6.45, 7) is 4.24. The summed E-state index contributed by atoms with van der Waals surface area (Å²) in [6, 6.07) is 5.84. The molecule has 1 amide bonds. The highest BCUT2D eigenvalue weighted by molar-refractivity contribution is 7.91. The first-order valence-corrected chi connectivity index (χ1v) is 12.1. The smallest absolute Gasteiger partial charge is 0.259 e. The third-order valence-corrected chi connectivity index (χ3v) is 7.31. The molecule has 5 nitrogen and oxygen atoms in total. The number of pyridine rings is 1. The molecule has 0 spiro atoms. The van der Waals surface area contributed by atoms with Crippen LogP contribution in [-0.4, -0.2) is 15.1 Å². The Morgan fingerprint density at radius 2 is 1.79 bits per heavy atom. The molecule has 1 heterocycles. The zero-order valence-corrected chi connectivity index (χ0v) is 18.1. The van der Waals surface area contributed by atoms with Crippen molar-refractivity contribution in [2.24, 2.45) is 15.4 Å². The average Bonchev–Trinajstić information content (AvgIpc) is 3.30. The second-order valence-corrected chi connectivity index (χ2v) is 10.4. The molecule has 0 fully saturated rings. The number of hydrogen-bond donors (Lipinski definition) is 1. The van der Waals surface area contributed by atoms with E-state index in [0.29, 0.717) is 10.8 Å². The Morgan fingerprint density at radius 1 is 1.14 bits per heavy atom. The lowest BCUT2D eigenvalue weighted by Crippen LogP contribution is -2.17. The van der Waals surface area contributed by atoms with Gasteiger partial charge in [-0.3, -0.25) is 9.78 Å². The minimum absolute atomic E-state index is 0.193. The van der Waals surface area contributed by atoms with Gasteiger partial charge in [0.15, 0.2) is 0 Å². The Bertz CT molecular complexity index is 1030. The van der Waals surface area contributed by atoms with Gasteiger partial charge in [0, 0.05) is 11.9 Å². The molecule has 29 heavy (non-hydrogen) atoms. The molecule has 0 aliphatic heterocycles. The SMILES string of the molecule is CC(C)Cc1ccc(S(N)(=O)=NC(=O)Cc2c3c(cc4c2CCC4)CCC3)cn1. The number of hydrogen-bond acceptors (Lipinski definition) is 3. The van der Waals surface area contributed by atoms with Crippen LogP contribution in [0, 0.1) is 5.92 Å². The van der Waals surface area contributed by atoms with Crippen LogP contribution in [0.4, 0.5) is 0 Å². The zero-order chi connectivity index (χ0) is 20.6. The molecule has 2 aliphatic carbocycles. The van der Waals surface area contributed by atoms with Gasteiger partial charge in [-0.05, 0) is 90.8 Å². The van der Waals surface area contributed by atoms with Gasteiger partial charge in [0.05, 0.1) is 11.3 Å². The standard InChI is InChI=1S/C23H29N3O2S/c1-15(2)11-18-9-10-19(14-25-18)29(24,28)26-23(27)13-22-20-7-3-5-16(20)12-17-6-4-8-21(17)22/h9-10,12,14-15H,3-8,11,13H2,1-2H3,(H2,24,26,27,28). The molecule has 1 aromatic carbocycles. The summed E-state index contributed by atoms with van der Waals surface area (Å²) < 4.78 is 16.9. The fraction of sp³-hybridized carbons (Fsp3) is 0.478. The fourth-order valence-corrected chi connectivity index (χ4v) is 5.60. The topological polar surface area (TPSA) is 85.4 Å². The Morgan fingerprint density at radius 3 is 2.34 bits per heavy atom. The summed E-state index contributed by atoms with van der Waals surface area (Å²) in [5, 5.41) is 5.97. The maximum Gasteiger partial charge on any atom is 0.259 e. The lowest BCUT2D eigenvalue weighted by atomic mass is 9.92. The van der Waals surface area contributed by atoms with E-state index in [4.69, 9.17) is 5.14 Å². The Labute approximate surface area is 173 Å². The Hall–Kier alpha value is -2.05. The molecule has 4 rings (SSSR count). The van der Waals surface area contributed by atoms with E-state index >= 15 is 0 Å². The van der Waals surface area contributed by atoms with Crippen molar-refractivity contribution in [2.75, 3.05) is 0 Å². The van der Waals surface area contributed by atoms with Crippen LogP contribution in [-0.2, 0) is 53.2 Å². The number of fused-ring (bicyclic) bond motifs is 2. The largest absolute Gasteiger partial charge is 0.272 e. The molecule has 2 N–H and O–H groups in total. The van der Waals surface area contributed by atoms with Crippen LogP contribution >= 0.6 is 0 Å². The van der Waals surface area contributed by atoms with Crippen molar-refractivity contribution in [1.82, 2.24) is 4.98 Å². The van der Waals surface area contributed by atoms with Gasteiger partial charge < -0.3 is 0 Å². The molecular formula is C23H29N3O2S. The maximum atomic E-state index is 12.9. The van der Waals surface area contributed by atoms with E-state index in [1.807, 2.05) is 6.07 Å². The predicted molar refractivity (Wildman–Crippen MR) is 115 cm³/mol. The number of rotatable bonds is 5. The lowest BCUT2D eigenvalue weighted by molar-refractivity contribution is -0.117. The predicted octanol–water partition coefficient (Wildman–Crippen LogP) is 3.73. The average molecular weight is 412 g/mol. The highest BCUT2D eigenvalue weighted by atomic mass is 32.2. The minimum atomic E-state index is -3.29. The Balaban J connectivity index is 1.59. The van der Waals surface area contributed by atoms with Crippen LogP contribution < -0.4 is 5.14 Å². The van der Waals surface area contributed by atoms with Gasteiger partial charge in [0.1, 0.15) is 9.92 Å². The highest BCUT2D eigenvalue weighted by Crippen LogP contribution is 2.35. The van der Waals surface area contributed by atoms with Crippen LogP contribution in [0.25, 0.3) is 0 Å². The molecule has 0 saturated carbocycles. The Kier molecular flexibility index (Phi) is 5.58. The van der Waals surface area contributed by atoms with Crippen molar-refractivity contribution >= 4 is 15.8 Å². The quantitative estimate of drug-likeness (QED) is 0.813. The summed E-state index contributed by atoms with van der Waals surface area (Å²) in [5.41, 5.74) is 7.44. The van der Waals surface area contributed by atoms with E-state index in [1.54, 1.807) is 6.07 Å². The minimum Gasteiger partial charge on any atom is -0.272 e. The van der Waals surface area contributed by atoms with Crippen LogP contribution in [0.5, 0.6) is 0 Å². The van der Waals surface area contributed by atoms with Gasteiger partial charge in [0.25, 0.3) is 5.91 Å². The van der Waals surface area contributed by atoms with Crippen LogP contribution in [0.15, 0.2) is 33.7 Å². The monoisotopic (exact) mass is 411 g/mol. The molecule has 1 aromatic heterocycles. The van der Waals surface area contributed by atoms with Crippen molar-refractivity contribution in [1.29, 1.82) is 0 Å². The van der Waals surface area contributed by atoms with E-state index in [9.17, 15) is 9.00 Å². The van der Waals surface area contributed by atoms with E-state index in [0.717, 1.165) is 56.2 Å². The van der Waals surface area contributed by atoms with Crippen LogP contribution in [0.3, 0.4) is 0 Å². The van der Waals surface area contributed by atoms with Gasteiger partial charge in [0.2, 0.25) is 0 Å². The first-order valence-electron chi connectivity index (χ1n) is 10.5. The van der Waals surface area contributed by atoms with Gasteiger partial charge >= 0.3 is 0 Å². The third kappa shape index (κ3) is 4.28. The summed E-state index contributed by atoms with van der Waals surface area (Å²) in [5.74, 6) is 0.0781. The number of aryl methyl sites for hydroxylation is 2. The first-order chi connectivity index (χ1) is 13.8. The molecule has 0 saturated heterocycles. The zero-order valence-electron chi connectivity index (χ0n) is 17.2. The number of benzene rings is 1. The lowest BCUT2D eigenvalue weighted by Gasteiger charge is -2.14. The van der Waals surface area contributed by atoms with Crippen LogP contribution in [0.1, 0.15) is 60.2 Å². The number of nitrogens with zero attached hydrogens (tertiary/aromatic N) is 2. The normalized spacial score (nSPS) is 17.1. The second-order valence-electron chi connectivity index (χ2n) is 8.65. The number of carbonyl (C=O) groups excluding carboxylic acids is 1. The second kappa shape index (κ2) is 8.00. The van der Waals surface area contributed by atoms with Gasteiger partial charge in [-0.15, -0.1) is 4.36 Å². The fourth-order valence-electron chi connectivity index (χ4n) is 4.66.